The zero-order valence-electron chi connectivity index (χ0n) is 18.4. The van der Waals surface area contributed by atoms with Crippen molar-refractivity contribution in [2.24, 2.45) is 0 Å². The van der Waals surface area contributed by atoms with E-state index in [-0.39, 0.29) is 10.7 Å². The van der Waals surface area contributed by atoms with Gasteiger partial charge in [0.25, 0.3) is 11.8 Å². The van der Waals surface area contributed by atoms with Crippen LogP contribution in [0.15, 0.2) is 76.9 Å². The summed E-state index contributed by atoms with van der Waals surface area (Å²) in [6.45, 7) is 3.96. The van der Waals surface area contributed by atoms with Crippen LogP contribution in [0.25, 0.3) is 22.7 Å². The van der Waals surface area contributed by atoms with Crippen molar-refractivity contribution < 1.29 is 9.59 Å². The first-order valence-corrected chi connectivity index (χ1v) is 11.7. The number of aryl methyl sites for hydroxylation is 1. The zero-order valence-corrected chi connectivity index (χ0v) is 20.8. The lowest BCUT2D eigenvalue weighted by molar-refractivity contribution is -0.122. The number of hydrogen-bond donors (Lipinski definition) is 1. The van der Waals surface area contributed by atoms with E-state index in [1.807, 2.05) is 56.3 Å². The molecule has 2 aromatic heterocycles. The van der Waals surface area contributed by atoms with Gasteiger partial charge in [-0.1, -0.05) is 22.0 Å². The second-order valence-corrected chi connectivity index (χ2v) is 9.28. The average molecular weight is 531 g/mol. The number of carbonyl (C=O) groups excluding carboxylic acids is 2. The summed E-state index contributed by atoms with van der Waals surface area (Å²) in [7, 11) is 0. The van der Waals surface area contributed by atoms with E-state index in [9.17, 15) is 9.59 Å². The first-order valence-electron chi connectivity index (χ1n) is 10.5. The molecule has 1 N–H and O–H groups in total. The van der Waals surface area contributed by atoms with Gasteiger partial charge in [0.15, 0.2) is 5.11 Å². The SMILES string of the molecule is Cc1cc(/C=C2\C(=O)NC(=S)N(c3ccc(Br)cc3)C2=O)c(C)n1-c1ccc2ncccc2c1. The number of amides is 2. The molecule has 0 unspecified atom stereocenters. The Balaban J connectivity index is 1.56. The van der Waals surface area contributed by atoms with Crippen molar-refractivity contribution in [3.8, 4) is 5.69 Å². The molecule has 0 atom stereocenters. The van der Waals surface area contributed by atoms with Crippen LogP contribution >= 0.6 is 28.1 Å². The summed E-state index contributed by atoms with van der Waals surface area (Å²) in [5.41, 5.74) is 5.19. The Morgan fingerprint density at radius 1 is 1.00 bits per heavy atom. The van der Waals surface area contributed by atoms with Crippen LogP contribution < -0.4 is 10.2 Å². The number of rotatable bonds is 3. The summed E-state index contributed by atoms with van der Waals surface area (Å²) < 4.78 is 2.98. The first-order chi connectivity index (χ1) is 16.3. The fourth-order valence-electron chi connectivity index (χ4n) is 4.17. The van der Waals surface area contributed by atoms with Crippen LogP contribution in [0.4, 0.5) is 5.69 Å². The van der Waals surface area contributed by atoms with Crippen molar-refractivity contribution in [1.82, 2.24) is 14.9 Å². The van der Waals surface area contributed by atoms with Gasteiger partial charge in [-0.2, -0.15) is 0 Å². The molecule has 34 heavy (non-hydrogen) atoms. The van der Waals surface area contributed by atoms with Crippen LogP contribution in [0.1, 0.15) is 17.0 Å². The second-order valence-electron chi connectivity index (χ2n) is 7.98. The summed E-state index contributed by atoms with van der Waals surface area (Å²) >= 11 is 8.68. The minimum absolute atomic E-state index is 0.0273. The summed E-state index contributed by atoms with van der Waals surface area (Å²) in [5, 5.41) is 3.73. The molecule has 0 saturated carbocycles. The number of thiocarbonyl (C=S) groups is 1. The molecular formula is C26H19BrN4O2S. The smallest absolute Gasteiger partial charge is 0.270 e. The molecule has 3 heterocycles. The van der Waals surface area contributed by atoms with E-state index in [0.717, 1.165) is 38.0 Å². The highest BCUT2D eigenvalue weighted by Gasteiger charge is 2.34. The largest absolute Gasteiger partial charge is 0.318 e. The number of aromatic nitrogens is 2. The Kier molecular flexibility index (Phi) is 5.63. The minimum Gasteiger partial charge on any atom is -0.318 e. The van der Waals surface area contributed by atoms with E-state index in [4.69, 9.17) is 12.2 Å². The molecule has 1 saturated heterocycles. The maximum absolute atomic E-state index is 13.3. The number of fused-ring (bicyclic) bond motifs is 1. The minimum atomic E-state index is -0.509. The fraction of sp³-hybridized carbons (Fsp3) is 0.0769. The molecule has 2 aromatic carbocycles. The van der Waals surface area contributed by atoms with Gasteiger partial charge in [-0.25, -0.2) is 0 Å². The molecule has 4 aromatic rings. The third-order valence-corrected chi connectivity index (χ3v) is 6.61. The molecule has 8 heteroatoms. The van der Waals surface area contributed by atoms with E-state index in [1.165, 1.54) is 4.90 Å². The van der Waals surface area contributed by atoms with Gasteiger partial charge >= 0.3 is 0 Å². The van der Waals surface area contributed by atoms with Crippen LogP contribution in [0.2, 0.25) is 0 Å². The fourth-order valence-corrected chi connectivity index (χ4v) is 4.72. The molecule has 168 valence electrons. The van der Waals surface area contributed by atoms with Crippen molar-refractivity contribution in [2.75, 3.05) is 4.90 Å². The lowest BCUT2D eigenvalue weighted by Crippen LogP contribution is -2.54. The predicted octanol–water partition coefficient (Wildman–Crippen LogP) is 5.24. The van der Waals surface area contributed by atoms with Crippen molar-refractivity contribution in [3.63, 3.8) is 0 Å². The molecule has 0 spiro atoms. The predicted molar refractivity (Wildman–Crippen MR) is 141 cm³/mol. The number of carbonyl (C=O) groups is 2. The van der Waals surface area contributed by atoms with Gasteiger partial charge in [0.2, 0.25) is 0 Å². The Morgan fingerprint density at radius 3 is 2.50 bits per heavy atom. The van der Waals surface area contributed by atoms with Crippen molar-refractivity contribution >= 4 is 67.7 Å². The molecular weight excluding hydrogens is 512 g/mol. The van der Waals surface area contributed by atoms with Crippen LogP contribution in [0.5, 0.6) is 0 Å². The Labute approximate surface area is 210 Å². The quantitative estimate of drug-likeness (QED) is 0.223. The zero-order chi connectivity index (χ0) is 24.0. The highest BCUT2D eigenvalue weighted by molar-refractivity contribution is 9.10. The molecule has 1 aliphatic heterocycles. The molecule has 2 amide bonds. The van der Waals surface area contributed by atoms with E-state index >= 15 is 0 Å². The number of nitrogens with one attached hydrogen (secondary N) is 1. The van der Waals surface area contributed by atoms with Crippen molar-refractivity contribution in [2.45, 2.75) is 13.8 Å². The number of nitrogens with zero attached hydrogens (tertiary/aromatic N) is 3. The summed E-state index contributed by atoms with van der Waals surface area (Å²) in [5.74, 6) is -0.970. The van der Waals surface area contributed by atoms with Gasteiger partial charge in [-0.15, -0.1) is 0 Å². The van der Waals surface area contributed by atoms with Gasteiger partial charge in [-0.3, -0.25) is 24.8 Å². The first kappa shape index (κ1) is 22.2. The highest BCUT2D eigenvalue weighted by Crippen LogP contribution is 2.27. The molecule has 0 bridgehead atoms. The van der Waals surface area contributed by atoms with Crippen LogP contribution in [0.3, 0.4) is 0 Å². The third kappa shape index (κ3) is 3.85. The van der Waals surface area contributed by atoms with E-state index in [2.05, 4.69) is 36.9 Å². The lowest BCUT2D eigenvalue weighted by Gasteiger charge is -2.29. The van der Waals surface area contributed by atoms with Gasteiger partial charge in [0, 0.05) is 33.1 Å². The monoisotopic (exact) mass is 530 g/mol. The third-order valence-electron chi connectivity index (χ3n) is 5.80. The molecule has 5 rings (SSSR count). The van der Waals surface area contributed by atoms with Crippen molar-refractivity contribution in [3.05, 3.63) is 93.9 Å². The standard InChI is InChI=1S/C26H19BrN4O2S/c1-15-12-18(16(2)30(15)21-9-10-23-17(13-21)4-3-11-28-23)14-22-24(32)29-26(34)31(25(22)33)20-7-5-19(27)6-8-20/h3-14H,1-2H3,(H,29,32,34)/b22-14+. The molecule has 6 nitrogen and oxygen atoms in total. The number of pyridine rings is 1. The molecule has 1 aliphatic rings. The summed E-state index contributed by atoms with van der Waals surface area (Å²) in [6, 6.07) is 19.1. The topological polar surface area (TPSA) is 67.2 Å². The van der Waals surface area contributed by atoms with Crippen LogP contribution in [-0.2, 0) is 9.59 Å². The molecule has 0 aliphatic carbocycles. The number of halogens is 1. The van der Waals surface area contributed by atoms with Crippen LogP contribution in [-0.4, -0.2) is 26.5 Å². The Hall–Kier alpha value is -3.62. The Morgan fingerprint density at radius 2 is 1.74 bits per heavy atom. The van der Waals surface area contributed by atoms with Gasteiger partial charge in [0.1, 0.15) is 5.57 Å². The van der Waals surface area contributed by atoms with E-state index in [0.29, 0.717) is 5.69 Å². The van der Waals surface area contributed by atoms with Gasteiger partial charge in [0.05, 0.1) is 11.2 Å². The van der Waals surface area contributed by atoms with Gasteiger partial charge < -0.3 is 4.57 Å². The number of benzene rings is 2. The van der Waals surface area contributed by atoms with Crippen LogP contribution in [0, 0.1) is 13.8 Å². The normalized spacial score (nSPS) is 15.3. The number of anilines is 1. The molecule has 0 radical (unpaired) electrons. The van der Waals surface area contributed by atoms with E-state index in [1.54, 1.807) is 24.4 Å². The van der Waals surface area contributed by atoms with E-state index < -0.39 is 11.8 Å². The highest BCUT2D eigenvalue weighted by atomic mass is 79.9. The second kappa shape index (κ2) is 8.62. The maximum Gasteiger partial charge on any atom is 0.270 e. The number of hydrogen-bond acceptors (Lipinski definition) is 4. The summed E-state index contributed by atoms with van der Waals surface area (Å²) in [4.78, 5) is 31.8. The lowest BCUT2D eigenvalue weighted by atomic mass is 10.1. The maximum atomic E-state index is 13.3. The molecule has 1 fully saturated rings. The summed E-state index contributed by atoms with van der Waals surface area (Å²) in [6.07, 6.45) is 3.40. The van der Waals surface area contributed by atoms with Gasteiger partial charge in [-0.05, 0) is 92.3 Å². The Bertz CT molecular complexity index is 1520. The van der Waals surface area contributed by atoms with Crippen molar-refractivity contribution in [1.29, 1.82) is 0 Å². The average Bonchev–Trinajstić information content (AvgIpc) is 3.10.